The zero-order chi connectivity index (χ0) is 29.8. The summed E-state index contributed by atoms with van der Waals surface area (Å²) in [6.45, 7) is 7.69. The molecule has 11 nitrogen and oxygen atoms in total. The van der Waals surface area contributed by atoms with E-state index in [1.165, 1.54) is 12.8 Å². The van der Waals surface area contributed by atoms with Crippen molar-refractivity contribution in [3.05, 3.63) is 59.8 Å². The number of likely N-dealkylation sites (tertiary alicyclic amines) is 2. The highest BCUT2D eigenvalue weighted by Crippen LogP contribution is 2.28. The zero-order valence-electron chi connectivity index (χ0n) is 25.0. The van der Waals surface area contributed by atoms with Crippen LogP contribution in [0.25, 0.3) is 11.2 Å². The van der Waals surface area contributed by atoms with Gasteiger partial charge in [-0.15, -0.1) is 5.10 Å². The van der Waals surface area contributed by atoms with Crippen LogP contribution in [0, 0.1) is 0 Å². The number of benzene rings is 1. The molecule has 1 amide bonds. The minimum absolute atomic E-state index is 0.000525. The Labute approximate surface area is 252 Å². The lowest BCUT2D eigenvalue weighted by atomic mass is 9.94. The van der Waals surface area contributed by atoms with Gasteiger partial charge in [0.1, 0.15) is 0 Å². The first-order chi connectivity index (χ1) is 20.9. The number of rotatable bonds is 9. The van der Waals surface area contributed by atoms with Crippen LogP contribution >= 0.6 is 0 Å². The molecule has 3 aliphatic rings. The number of aliphatic hydroxyl groups is 2. The Balaban J connectivity index is 1.08. The molecule has 230 valence electrons. The molecule has 2 aromatic heterocycles. The maximum atomic E-state index is 13.3. The Morgan fingerprint density at radius 2 is 1.88 bits per heavy atom. The molecule has 0 radical (unpaired) electrons. The quantitative estimate of drug-likeness (QED) is 0.323. The van der Waals surface area contributed by atoms with E-state index < -0.39 is 12.0 Å². The van der Waals surface area contributed by atoms with E-state index in [0.29, 0.717) is 57.3 Å². The molecule has 2 fully saturated rings. The van der Waals surface area contributed by atoms with Gasteiger partial charge in [-0.3, -0.25) is 9.69 Å². The van der Waals surface area contributed by atoms with Crippen molar-refractivity contribution < 1.29 is 19.7 Å². The summed E-state index contributed by atoms with van der Waals surface area (Å²) in [5.74, 6) is 0.474. The van der Waals surface area contributed by atoms with Crippen LogP contribution in [0.4, 0.5) is 11.6 Å². The van der Waals surface area contributed by atoms with Gasteiger partial charge < -0.3 is 30.1 Å². The molecule has 5 heterocycles. The summed E-state index contributed by atoms with van der Waals surface area (Å²) in [5, 5.41) is 29.3. The number of ether oxygens (including phenoxy) is 1. The van der Waals surface area contributed by atoms with E-state index in [1.54, 1.807) is 4.52 Å². The molecule has 0 saturated carbocycles. The van der Waals surface area contributed by atoms with Gasteiger partial charge in [-0.25, -0.2) is 4.52 Å². The van der Waals surface area contributed by atoms with E-state index >= 15 is 0 Å². The summed E-state index contributed by atoms with van der Waals surface area (Å²) in [6, 6.07) is 11.4. The lowest BCUT2D eigenvalue weighted by Crippen LogP contribution is -2.43. The first-order valence-electron chi connectivity index (χ1n) is 15.6. The molecule has 3 N–H and O–H groups in total. The van der Waals surface area contributed by atoms with Crippen LogP contribution in [0.15, 0.2) is 48.7 Å². The number of hydrogen-bond donors (Lipinski definition) is 3. The monoisotopic (exact) mass is 589 g/mol. The van der Waals surface area contributed by atoms with E-state index in [9.17, 15) is 15.0 Å². The van der Waals surface area contributed by atoms with Crippen LogP contribution in [0.5, 0.6) is 0 Å². The summed E-state index contributed by atoms with van der Waals surface area (Å²) in [6.07, 6.45) is 8.43. The van der Waals surface area contributed by atoms with Crippen LogP contribution < -0.4 is 5.32 Å². The summed E-state index contributed by atoms with van der Waals surface area (Å²) in [4.78, 5) is 24.2. The Morgan fingerprint density at radius 1 is 1.07 bits per heavy atom. The van der Waals surface area contributed by atoms with E-state index in [1.807, 2.05) is 59.3 Å². The van der Waals surface area contributed by atoms with Crippen molar-refractivity contribution >= 4 is 28.8 Å². The van der Waals surface area contributed by atoms with Crippen molar-refractivity contribution in [1.82, 2.24) is 29.3 Å². The second-order valence-corrected chi connectivity index (χ2v) is 11.9. The number of nitrogens with zero attached hydrogens (tertiary/aromatic N) is 6. The predicted molar refractivity (Wildman–Crippen MR) is 165 cm³/mol. The third kappa shape index (κ3) is 6.91. The lowest BCUT2D eigenvalue weighted by Gasteiger charge is -2.31. The van der Waals surface area contributed by atoms with Crippen LogP contribution in [0.3, 0.4) is 0 Å². The lowest BCUT2D eigenvalue weighted by molar-refractivity contribution is -0.187. The molecule has 3 aromatic rings. The first kappa shape index (κ1) is 29.7. The maximum Gasteiger partial charge on any atom is 0.253 e. The molecule has 2 atom stereocenters. The van der Waals surface area contributed by atoms with E-state index in [2.05, 4.69) is 21.4 Å². The zero-order valence-corrected chi connectivity index (χ0v) is 25.0. The van der Waals surface area contributed by atoms with Gasteiger partial charge in [0.05, 0.1) is 5.60 Å². The van der Waals surface area contributed by atoms with Gasteiger partial charge in [0.15, 0.2) is 5.65 Å². The number of aromatic nitrogens is 3. The van der Waals surface area contributed by atoms with Crippen LogP contribution in [-0.2, 0) is 4.74 Å². The average Bonchev–Trinajstić information content (AvgIpc) is 3.63. The summed E-state index contributed by atoms with van der Waals surface area (Å²) in [7, 11) is 0. The Hall–Kier alpha value is -3.35. The summed E-state index contributed by atoms with van der Waals surface area (Å²) < 4.78 is 7.09. The molecule has 0 aliphatic carbocycles. The van der Waals surface area contributed by atoms with Gasteiger partial charge in [0.2, 0.25) is 12.4 Å². The first-order valence-corrected chi connectivity index (χ1v) is 15.6. The summed E-state index contributed by atoms with van der Waals surface area (Å²) >= 11 is 0. The fourth-order valence-electron chi connectivity index (χ4n) is 6.50. The van der Waals surface area contributed by atoms with E-state index in [-0.39, 0.29) is 5.91 Å². The smallest absolute Gasteiger partial charge is 0.253 e. The predicted octanol–water partition coefficient (Wildman–Crippen LogP) is 3.33. The number of amides is 1. The molecule has 11 heteroatoms. The highest BCUT2D eigenvalue weighted by atomic mass is 16.6. The fraction of sp³-hybridized carbons (Fsp3) is 0.531. The number of nitrogens with one attached hydrogen (secondary N) is 1. The maximum absolute atomic E-state index is 13.3. The molecule has 3 aliphatic heterocycles. The Kier molecular flexibility index (Phi) is 9.06. The second-order valence-electron chi connectivity index (χ2n) is 11.9. The minimum Gasteiger partial charge on any atom is -0.388 e. The molecule has 2 unspecified atom stereocenters. The van der Waals surface area contributed by atoms with Crippen molar-refractivity contribution in [2.45, 2.75) is 57.5 Å². The van der Waals surface area contributed by atoms with Gasteiger partial charge in [0.25, 0.3) is 5.91 Å². The minimum atomic E-state index is -0.891. The topological polar surface area (TPSA) is 119 Å². The molecule has 0 spiro atoms. The van der Waals surface area contributed by atoms with E-state index in [4.69, 9.17) is 9.72 Å². The number of carbonyl (C=O) groups is 1. The third-order valence-electron chi connectivity index (χ3n) is 8.89. The average molecular weight is 590 g/mol. The van der Waals surface area contributed by atoms with Crippen molar-refractivity contribution in [3.8, 4) is 0 Å². The van der Waals surface area contributed by atoms with Gasteiger partial charge in [-0.05, 0) is 101 Å². The molecular weight excluding hydrogens is 546 g/mol. The standard InChI is InChI=1S/C32H43N7O4/c1-2-43-31(41)38-20-12-24(13-21-38)27-7-5-19-39-28(27)34-30(35-39)33-26-10-8-25(9-11-26)29(40)37-18-6-14-32(42,15-22-37)23-36-16-3-4-17-36/h5,7-12,19,31,41-42H,2-4,6,13-18,20-23H2,1H3,(H,33,35). The van der Waals surface area contributed by atoms with Gasteiger partial charge in [0, 0.05) is 62.3 Å². The molecule has 43 heavy (non-hydrogen) atoms. The number of carbonyl (C=O) groups excluding carboxylic acids is 1. The van der Waals surface area contributed by atoms with Gasteiger partial charge in [-0.1, -0.05) is 6.08 Å². The highest BCUT2D eigenvalue weighted by Gasteiger charge is 2.34. The van der Waals surface area contributed by atoms with Crippen LogP contribution in [-0.4, -0.2) is 110 Å². The Morgan fingerprint density at radius 3 is 2.63 bits per heavy atom. The van der Waals surface area contributed by atoms with Crippen LogP contribution in [0.2, 0.25) is 0 Å². The number of aliphatic hydroxyl groups excluding tert-OH is 1. The fourth-order valence-corrected chi connectivity index (χ4v) is 6.50. The van der Waals surface area contributed by atoms with Crippen LogP contribution in [0.1, 0.15) is 61.4 Å². The number of pyridine rings is 1. The van der Waals surface area contributed by atoms with Crippen molar-refractivity contribution in [2.75, 3.05) is 57.7 Å². The SMILES string of the molecule is CCOC(O)N1CC=C(c2cccn3nc(Nc4ccc(C(=O)N5CCCC(O)(CN6CCCC6)CC5)cc4)nc23)CC1. The van der Waals surface area contributed by atoms with Gasteiger partial charge in [-0.2, -0.15) is 4.98 Å². The Bertz CT molecular complexity index is 1440. The van der Waals surface area contributed by atoms with Crippen molar-refractivity contribution in [1.29, 1.82) is 0 Å². The largest absolute Gasteiger partial charge is 0.388 e. The molecule has 2 saturated heterocycles. The number of hydrogen-bond acceptors (Lipinski definition) is 9. The van der Waals surface area contributed by atoms with E-state index in [0.717, 1.165) is 54.8 Å². The van der Waals surface area contributed by atoms with Gasteiger partial charge >= 0.3 is 0 Å². The summed E-state index contributed by atoms with van der Waals surface area (Å²) in [5.41, 5.74) is 3.65. The highest BCUT2D eigenvalue weighted by molar-refractivity contribution is 5.94. The number of fused-ring (bicyclic) bond motifs is 1. The molecule has 6 rings (SSSR count). The molecule has 1 aromatic carbocycles. The normalized spacial score (nSPS) is 22.9. The number of anilines is 2. The van der Waals surface area contributed by atoms with Crippen molar-refractivity contribution in [3.63, 3.8) is 0 Å². The van der Waals surface area contributed by atoms with Crippen molar-refractivity contribution in [2.24, 2.45) is 0 Å². The second kappa shape index (κ2) is 13.1. The molecular formula is C32H43N7O4. The third-order valence-corrected chi connectivity index (χ3v) is 8.89. The number of β-amino-alcohol motifs (C(OH)–C–C–N with tert-alkyl or cyclic N) is 1. The molecule has 0 bridgehead atoms.